The fourth-order valence-corrected chi connectivity index (χ4v) is 4.40. The van der Waals surface area contributed by atoms with E-state index in [0.29, 0.717) is 24.4 Å². The van der Waals surface area contributed by atoms with Crippen molar-refractivity contribution in [1.29, 1.82) is 0 Å². The first-order valence-electron chi connectivity index (χ1n) is 12.8. The average molecular weight is 552 g/mol. The molecule has 0 saturated heterocycles. The number of rotatable bonds is 12. The average Bonchev–Trinajstić information content (AvgIpc) is 2.92. The van der Waals surface area contributed by atoms with Crippen LogP contribution in [0.25, 0.3) is 0 Å². The maximum absolute atomic E-state index is 13.5. The zero-order chi connectivity index (χ0) is 29.2. The molecule has 0 bridgehead atoms. The van der Waals surface area contributed by atoms with E-state index in [2.05, 4.69) is 5.32 Å². The van der Waals surface area contributed by atoms with Crippen LogP contribution in [0.2, 0.25) is 0 Å². The summed E-state index contributed by atoms with van der Waals surface area (Å²) in [6.07, 6.45) is 0. The molecule has 1 aliphatic rings. The molecule has 3 rings (SSSR count). The second-order valence-corrected chi connectivity index (χ2v) is 9.20. The maximum Gasteiger partial charge on any atom is 0.336 e. The van der Waals surface area contributed by atoms with Crippen LogP contribution in [-0.2, 0) is 35.1 Å². The minimum absolute atomic E-state index is 0.00217. The molecule has 11 heteroatoms. The van der Waals surface area contributed by atoms with Crippen molar-refractivity contribution >= 4 is 23.6 Å². The Labute approximate surface area is 232 Å². The van der Waals surface area contributed by atoms with Crippen LogP contribution in [0.5, 0.6) is 0 Å². The van der Waals surface area contributed by atoms with Crippen molar-refractivity contribution in [2.45, 2.75) is 33.2 Å². The van der Waals surface area contributed by atoms with Crippen LogP contribution in [0.4, 0.5) is 5.69 Å². The third-order valence-electron chi connectivity index (χ3n) is 6.20. The first-order valence-corrected chi connectivity index (χ1v) is 12.8. The van der Waals surface area contributed by atoms with Gasteiger partial charge in [-0.25, -0.2) is 9.59 Å². The van der Waals surface area contributed by atoms with E-state index in [1.807, 2.05) is 42.3 Å². The number of nitrogens with zero attached hydrogens (tertiary/aromatic N) is 2. The SMILES string of the molecule is CCOC(=O)C1=C(COC(C)=O)NC(C)=C(C(=O)OCCN(C)Cc2ccccc2)C1c1cccc([N+](=O)[O-])c1. The Hall–Kier alpha value is -4.51. The molecule has 1 N–H and O–H groups in total. The van der Waals surface area contributed by atoms with E-state index >= 15 is 0 Å². The molecule has 212 valence electrons. The summed E-state index contributed by atoms with van der Waals surface area (Å²) in [5.41, 5.74) is 1.88. The molecule has 0 amide bonds. The Balaban J connectivity index is 1.95. The van der Waals surface area contributed by atoms with Crippen molar-refractivity contribution in [1.82, 2.24) is 10.2 Å². The molecule has 11 nitrogen and oxygen atoms in total. The number of esters is 3. The number of allylic oxidation sites excluding steroid dienone is 1. The molecule has 0 saturated carbocycles. The summed E-state index contributed by atoms with van der Waals surface area (Å²) in [4.78, 5) is 51.3. The number of hydrogen-bond donors (Lipinski definition) is 1. The molecule has 40 heavy (non-hydrogen) atoms. The number of nitro groups is 1. The summed E-state index contributed by atoms with van der Waals surface area (Å²) >= 11 is 0. The Kier molecular flexibility index (Phi) is 10.5. The summed E-state index contributed by atoms with van der Waals surface area (Å²) < 4.78 is 16.1. The summed E-state index contributed by atoms with van der Waals surface area (Å²) in [5, 5.41) is 14.5. The number of hydrogen-bond acceptors (Lipinski definition) is 10. The maximum atomic E-state index is 13.5. The molecule has 2 aromatic rings. The van der Waals surface area contributed by atoms with E-state index in [1.165, 1.54) is 25.1 Å². The number of ether oxygens (including phenoxy) is 3. The van der Waals surface area contributed by atoms with Crippen molar-refractivity contribution in [2.75, 3.05) is 33.4 Å². The van der Waals surface area contributed by atoms with Gasteiger partial charge in [0.05, 0.1) is 34.3 Å². The lowest BCUT2D eigenvalue weighted by Gasteiger charge is -2.31. The normalized spacial score (nSPS) is 15.0. The van der Waals surface area contributed by atoms with Gasteiger partial charge in [0, 0.05) is 37.8 Å². The van der Waals surface area contributed by atoms with E-state index < -0.39 is 28.7 Å². The van der Waals surface area contributed by atoms with Crippen LogP contribution in [0.15, 0.2) is 77.1 Å². The van der Waals surface area contributed by atoms with Gasteiger partial charge in [-0.1, -0.05) is 42.5 Å². The van der Waals surface area contributed by atoms with Crippen LogP contribution in [0.3, 0.4) is 0 Å². The van der Waals surface area contributed by atoms with Gasteiger partial charge < -0.3 is 19.5 Å². The molecule has 0 aliphatic carbocycles. The first kappa shape index (κ1) is 30.0. The predicted octanol–water partition coefficient (Wildman–Crippen LogP) is 3.61. The minimum Gasteiger partial charge on any atom is -0.463 e. The molecule has 2 aromatic carbocycles. The molecule has 0 radical (unpaired) electrons. The van der Waals surface area contributed by atoms with Crippen LogP contribution < -0.4 is 5.32 Å². The lowest BCUT2D eigenvalue weighted by atomic mass is 9.80. The lowest BCUT2D eigenvalue weighted by Crippen LogP contribution is -2.35. The van der Waals surface area contributed by atoms with Crippen LogP contribution >= 0.6 is 0 Å². The van der Waals surface area contributed by atoms with E-state index in [9.17, 15) is 24.5 Å². The quantitative estimate of drug-likeness (QED) is 0.180. The molecule has 1 heterocycles. The van der Waals surface area contributed by atoms with Gasteiger partial charge in [0.2, 0.25) is 0 Å². The van der Waals surface area contributed by atoms with Crippen LogP contribution in [0.1, 0.15) is 37.8 Å². The minimum atomic E-state index is -1.07. The number of carbonyl (C=O) groups excluding carboxylic acids is 3. The molecular weight excluding hydrogens is 518 g/mol. The number of nitrogens with one attached hydrogen (secondary N) is 1. The van der Waals surface area contributed by atoms with E-state index in [4.69, 9.17) is 14.2 Å². The Morgan fingerprint density at radius 3 is 2.35 bits per heavy atom. The third kappa shape index (κ3) is 7.76. The largest absolute Gasteiger partial charge is 0.463 e. The Morgan fingerprint density at radius 2 is 1.70 bits per heavy atom. The molecular formula is C29H33N3O8. The number of benzene rings is 2. The highest BCUT2D eigenvalue weighted by Gasteiger charge is 2.39. The van der Waals surface area contributed by atoms with Gasteiger partial charge in [0.25, 0.3) is 5.69 Å². The zero-order valence-electron chi connectivity index (χ0n) is 23.0. The van der Waals surface area contributed by atoms with E-state index in [0.717, 1.165) is 5.56 Å². The highest BCUT2D eigenvalue weighted by molar-refractivity contribution is 6.00. The molecule has 0 aromatic heterocycles. The second-order valence-electron chi connectivity index (χ2n) is 9.20. The Morgan fingerprint density at radius 1 is 1.00 bits per heavy atom. The van der Waals surface area contributed by atoms with Crippen molar-refractivity contribution in [3.8, 4) is 0 Å². The molecule has 1 atom stereocenters. The highest BCUT2D eigenvalue weighted by atomic mass is 16.6. The lowest BCUT2D eigenvalue weighted by molar-refractivity contribution is -0.384. The van der Waals surface area contributed by atoms with E-state index in [1.54, 1.807) is 19.9 Å². The zero-order valence-corrected chi connectivity index (χ0v) is 23.0. The van der Waals surface area contributed by atoms with Gasteiger partial charge in [0.1, 0.15) is 13.2 Å². The number of nitro benzene ring substituents is 1. The predicted molar refractivity (Wildman–Crippen MR) is 146 cm³/mol. The molecule has 1 aliphatic heterocycles. The standard InChI is InChI=1S/C29H33N3O8/c1-5-38-29(35)27-24(18-40-20(3)33)30-19(2)25(26(27)22-12-9-13-23(16-22)32(36)37)28(34)39-15-14-31(4)17-21-10-7-6-8-11-21/h6-13,16,26,30H,5,14-15,17-18H2,1-4H3. The second kappa shape index (κ2) is 14.0. The first-order chi connectivity index (χ1) is 19.1. The fourth-order valence-electron chi connectivity index (χ4n) is 4.40. The molecule has 0 spiro atoms. The van der Waals surface area contributed by atoms with Gasteiger partial charge in [-0.15, -0.1) is 0 Å². The van der Waals surface area contributed by atoms with Crippen molar-refractivity contribution in [3.05, 3.63) is 98.4 Å². The van der Waals surface area contributed by atoms with Gasteiger partial charge in [-0.2, -0.15) is 0 Å². The summed E-state index contributed by atoms with van der Waals surface area (Å²) in [6.45, 7) is 5.40. The molecule has 0 fully saturated rings. The van der Waals surface area contributed by atoms with E-state index in [-0.39, 0.29) is 42.4 Å². The van der Waals surface area contributed by atoms with Crippen LogP contribution in [-0.4, -0.2) is 61.1 Å². The van der Waals surface area contributed by atoms with Crippen LogP contribution in [0, 0.1) is 10.1 Å². The Bertz CT molecular complexity index is 1320. The number of non-ortho nitro benzene ring substituents is 1. The highest BCUT2D eigenvalue weighted by Crippen LogP contribution is 2.40. The number of dihydropyridines is 1. The van der Waals surface area contributed by atoms with Gasteiger partial charge in [-0.05, 0) is 32.0 Å². The van der Waals surface area contributed by atoms with Crippen molar-refractivity contribution in [3.63, 3.8) is 0 Å². The van der Waals surface area contributed by atoms with Crippen molar-refractivity contribution < 1.29 is 33.5 Å². The van der Waals surface area contributed by atoms with Gasteiger partial charge in [-0.3, -0.25) is 19.8 Å². The van der Waals surface area contributed by atoms with Crippen molar-refractivity contribution in [2.24, 2.45) is 0 Å². The molecule has 1 unspecified atom stereocenters. The fraction of sp³-hybridized carbons (Fsp3) is 0.345. The smallest absolute Gasteiger partial charge is 0.336 e. The monoisotopic (exact) mass is 551 g/mol. The number of likely N-dealkylation sites (N-methyl/N-ethyl adjacent to an activating group) is 1. The summed E-state index contributed by atoms with van der Waals surface area (Å²) in [5.74, 6) is -3.09. The number of carbonyl (C=O) groups is 3. The summed E-state index contributed by atoms with van der Waals surface area (Å²) in [6, 6.07) is 15.5. The topological polar surface area (TPSA) is 137 Å². The van der Waals surface area contributed by atoms with Gasteiger partial charge >= 0.3 is 17.9 Å². The third-order valence-corrected chi connectivity index (χ3v) is 6.20. The summed E-state index contributed by atoms with van der Waals surface area (Å²) in [7, 11) is 1.91. The van der Waals surface area contributed by atoms with Gasteiger partial charge in [0.15, 0.2) is 0 Å².